The topological polar surface area (TPSA) is 43.7 Å². The van der Waals surface area contributed by atoms with Crippen molar-refractivity contribution in [3.63, 3.8) is 0 Å². The summed E-state index contributed by atoms with van der Waals surface area (Å²) in [6.45, 7) is 2.16. The molecule has 1 saturated heterocycles. The molecule has 4 aromatic rings. The van der Waals surface area contributed by atoms with Crippen LogP contribution in [0.5, 0.6) is 11.5 Å². The second-order valence-electron chi connectivity index (χ2n) is 9.24. The van der Waals surface area contributed by atoms with Crippen LogP contribution in [0.3, 0.4) is 0 Å². The van der Waals surface area contributed by atoms with E-state index in [-0.39, 0.29) is 11.8 Å². The van der Waals surface area contributed by atoms with Gasteiger partial charge in [-0.15, -0.1) is 0 Å². The van der Waals surface area contributed by atoms with Crippen molar-refractivity contribution in [1.82, 2.24) is 9.47 Å². The smallest absolute Gasteiger partial charge is 0.223 e. The fourth-order valence-electron chi connectivity index (χ4n) is 5.09. The molecule has 0 radical (unpaired) electrons. The third kappa shape index (κ3) is 4.90. The maximum atomic E-state index is 13.3. The molecule has 3 aromatic carbocycles. The Bertz CT molecular complexity index is 1310. The van der Waals surface area contributed by atoms with Crippen LogP contribution in [0.15, 0.2) is 79.0 Å². The molecule has 0 saturated carbocycles. The maximum absolute atomic E-state index is 13.3. The van der Waals surface area contributed by atoms with Crippen molar-refractivity contribution in [3.05, 3.63) is 95.7 Å². The van der Waals surface area contributed by atoms with Crippen molar-refractivity contribution in [2.24, 2.45) is 7.05 Å². The number of para-hydroxylation sites is 1. The second-order valence-corrected chi connectivity index (χ2v) is 9.24. The van der Waals surface area contributed by atoms with E-state index in [9.17, 15) is 4.79 Å². The zero-order chi connectivity index (χ0) is 24.2. The predicted molar refractivity (Wildman–Crippen MR) is 139 cm³/mol. The standard InChI is InChI=1S/C30H32N2O3/c1-31-20-26(24-12-6-7-13-27(24)31)25(19-30(33)32-16-8-9-17-32)23-14-15-28(34-2)29(18-23)35-21-22-10-4-3-5-11-22/h3-7,10-15,18,20,25H,8-9,16-17,19,21H2,1-2H3/t25-/m0/s1. The van der Waals surface area contributed by atoms with Gasteiger partial charge in [0, 0.05) is 49.6 Å². The number of carbonyl (C=O) groups excluding carboxylic acids is 1. The van der Waals surface area contributed by atoms with Crippen molar-refractivity contribution in [3.8, 4) is 11.5 Å². The number of aryl methyl sites for hydroxylation is 1. The van der Waals surface area contributed by atoms with Gasteiger partial charge in [-0.2, -0.15) is 0 Å². The molecule has 0 N–H and O–H groups in total. The average Bonchev–Trinajstić information content (AvgIpc) is 3.55. The predicted octanol–water partition coefficient (Wildman–Crippen LogP) is 5.91. The van der Waals surface area contributed by atoms with Crippen LogP contribution < -0.4 is 9.47 Å². The molecule has 0 spiro atoms. The molecule has 1 aliphatic heterocycles. The van der Waals surface area contributed by atoms with Gasteiger partial charge in [0.05, 0.1) is 7.11 Å². The van der Waals surface area contributed by atoms with Crippen molar-refractivity contribution in [2.45, 2.75) is 31.8 Å². The highest BCUT2D eigenvalue weighted by molar-refractivity contribution is 5.86. The van der Waals surface area contributed by atoms with E-state index in [0.29, 0.717) is 24.5 Å². The van der Waals surface area contributed by atoms with E-state index >= 15 is 0 Å². The Kier molecular flexibility index (Phi) is 6.75. The normalized spacial score (nSPS) is 14.3. The lowest BCUT2D eigenvalue weighted by Gasteiger charge is -2.22. The molecular formula is C30H32N2O3. The molecule has 5 heteroatoms. The molecule has 0 bridgehead atoms. The Morgan fingerprint density at radius 2 is 1.69 bits per heavy atom. The first-order valence-corrected chi connectivity index (χ1v) is 12.3. The zero-order valence-corrected chi connectivity index (χ0v) is 20.4. The van der Waals surface area contributed by atoms with Crippen molar-refractivity contribution in [2.75, 3.05) is 20.2 Å². The van der Waals surface area contributed by atoms with E-state index in [1.807, 2.05) is 47.4 Å². The summed E-state index contributed by atoms with van der Waals surface area (Å²) in [6, 6.07) is 24.6. The lowest BCUT2D eigenvalue weighted by molar-refractivity contribution is -0.130. The monoisotopic (exact) mass is 468 g/mol. The van der Waals surface area contributed by atoms with Gasteiger partial charge in [-0.1, -0.05) is 54.6 Å². The summed E-state index contributed by atoms with van der Waals surface area (Å²) in [7, 11) is 3.72. The maximum Gasteiger partial charge on any atom is 0.223 e. The van der Waals surface area contributed by atoms with Crippen LogP contribution in [0, 0.1) is 0 Å². The molecule has 5 rings (SSSR count). The first-order chi connectivity index (χ1) is 17.1. The number of methoxy groups -OCH3 is 1. The molecule has 1 fully saturated rings. The molecule has 0 aliphatic carbocycles. The number of aromatic nitrogens is 1. The van der Waals surface area contributed by atoms with E-state index in [0.717, 1.165) is 48.1 Å². The third-order valence-corrected chi connectivity index (χ3v) is 6.97. The fraction of sp³-hybridized carbons (Fsp3) is 0.300. The zero-order valence-electron chi connectivity index (χ0n) is 20.4. The summed E-state index contributed by atoms with van der Waals surface area (Å²) in [6.07, 6.45) is 4.77. The highest BCUT2D eigenvalue weighted by Crippen LogP contribution is 2.39. The lowest BCUT2D eigenvalue weighted by atomic mass is 9.87. The van der Waals surface area contributed by atoms with E-state index in [1.165, 1.54) is 5.39 Å². The van der Waals surface area contributed by atoms with Gasteiger partial charge in [-0.3, -0.25) is 4.79 Å². The van der Waals surface area contributed by atoms with Crippen LogP contribution in [-0.4, -0.2) is 35.6 Å². The second kappa shape index (κ2) is 10.3. The van der Waals surface area contributed by atoms with Crippen LogP contribution in [0.2, 0.25) is 0 Å². The molecule has 1 aliphatic rings. The van der Waals surface area contributed by atoms with Gasteiger partial charge in [-0.05, 0) is 47.7 Å². The quantitative estimate of drug-likeness (QED) is 0.323. The molecule has 1 amide bonds. The molecular weight excluding hydrogens is 436 g/mol. The van der Waals surface area contributed by atoms with Crippen LogP contribution in [0.4, 0.5) is 0 Å². The van der Waals surface area contributed by atoms with Crippen molar-refractivity contribution in [1.29, 1.82) is 0 Å². The first-order valence-electron chi connectivity index (χ1n) is 12.3. The summed E-state index contributed by atoms with van der Waals surface area (Å²) in [5.74, 6) is 1.50. The number of carbonyl (C=O) groups is 1. The van der Waals surface area contributed by atoms with E-state index in [4.69, 9.17) is 9.47 Å². The molecule has 1 aromatic heterocycles. The van der Waals surface area contributed by atoms with Gasteiger partial charge in [0.25, 0.3) is 0 Å². The van der Waals surface area contributed by atoms with Crippen LogP contribution in [0.25, 0.3) is 10.9 Å². The number of fused-ring (bicyclic) bond motifs is 1. The number of nitrogens with zero attached hydrogens (tertiary/aromatic N) is 2. The summed E-state index contributed by atoms with van der Waals surface area (Å²) >= 11 is 0. The Balaban J connectivity index is 1.53. The minimum absolute atomic E-state index is 0.0841. The van der Waals surface area contributed by atoms with E-state index in [1.54, 1.807) is 7.11 Å². The molecule has 1 atom stereocenters. The van der Waals surface area contributed by atoms with Gasteiger partial charge in [0.2, 0.25) is 5.91 Å². The summed E-state index contributed by atoms with van der Waals surface area (Å²) in [5.41, 5.74) is 4.47. The van der Waals surface area contributed by atoms with Crippen LogP contribution in [0.1, 0.15) is 41.9 Å². The summed E-state index contributed by atoms with van der Waals surface area (Å²) in [5, 5.41) is 1.18. The van der Waals surface area contributed by atoms with Gasteiger partial charge in [0.15, 0.2) is 11.5 Å². The number of amides is 1. The highest BCUT2D eigenvalue weighted by Gasteiger charge is 2.27. The SMILES string of the molecule is COc1ccc([C@H](CC(=O)N2CCCC2)c2cn(C)c3ccccc23)cc1OCc1ccccc1. The lowest BCUT2D eigenvalue weighted by Crippen LogP contribution is -2.29. The van der Waals surface area contributed by atoms with Gasteiger partial charge in [0.1, 0.15) is 6.61 Å². The molecule has 35 heavy (non-hydrogen) atoms. The fourth-order valence-corrected chi connectivity index (χ4v) is 5.09. The molecule has 5 nitrogen and oxygen atoms in total. The van der Waals surface area contributed by atoms with E-state index in [2.05, 4.69) is 48.1 Å². The Morgan fingerprint density at radius 1 is 0.943 bits per heavy atom. The van der Waals surface area contributed by atoms with Crippen molar-refractivity contribution < 1.29 is 14.3 Å². The van der Waals surface area contributed by atoms with Crippen molar-refractivity contribution >= 4 is 16.8 Å². The third-order valence-electron chi connectivity index (χ3n) is 6.97. The largest absolute Gasteiger partial charge is 0.493 e. The molecule has 0 unspecified atom stereocenters. The average molecular weight is 469 g/mol. The Morgan fingerprint density at radius 3 is 2.46 bits per heavy atom. The van der Waals surface area contributed by atoms with Gasteiger partial charge in [-0.25, -0.2) is 0 Å². The number of hydrogen-bond acceptors (Lipinski definition) is 3. The molecule has 180 valence electrons. The first kappa shape index (κ1) is 23.0. The highest BCUT2D eigenvalue weighted by atomic mass is 16.5. The Hall–Kier alpha value is -3.73. The summed E-state index contributed by atoms with van der Waals surface area (Å²) in [4.78, 5) is 15.3. The number of benzene rings is 3. The number of rotatable bonds is 8. The summed E-state index contributed by atoms with van der Waals surface area (Å²) < 4.78 is 14.0. The van der Waals surface area contributed by atoms with Gasteiger partial charge < -0.3 is 18.9 Å². The minimum Gasteiger partial charge on any atom is -0.493 e. The number of ether oxygens (including phenoxy) is 2. The van der Waals surface area contributed by atoms with Crippen LogP contribution in [-0.2, 0) is 18.4 Å². The van der Waals surface area contributed by atoms with Gasteiger partial charge >= 0.3 is 0 Å². The minimum atomic E-state index is -0.0841. The number of hydrogen-bond donors (Lipinski definition) is 0. The number of likely N-dealkylation sites (tertiary alicyclic amines) is 1. The van der Waals surface area contributed by atoms with Crippen LogP contribution >= 0.6 is 0 Å². The Labute approximate surface area is 206 Å². The molecule has 2 heterocycles. The van der Waals surface area contributed by atoms with E-state index < -0.39 is 0 Å².